The second kappa shape index (κ2) is 6.60. The third-order valence-electron chi connectivity index (χ3n) is 3.22. The van der Waals surface area contributed by atoms with E-state index in [1.54, 1.807) is 0 Å². The molecule has 2 unspecified atom stereocenters. The molecule has 21 heavy (non-hydrogen) atoms. The van der Waals surface area contributed by atoms with Gasteiger partial charge in [0.25, 0.3) is 0 Å². The topological polar surface area (TPSA) is 46.2 Å². The number of aliphatic hydroxyl groups is 1. The molecule has 0 fully saturated rings. The van der Waals surface area contributed by atoms with Crippen molar-refractivity contribution in [2.45, 2.75) is 12.0 Å². The smallest absolute Gasteiger partial charge is 0.126 e. The van der Waals surface area contributed by atoms with Crippen LogP contribution in [0.2, 0.25) is 0 Å². The Morgan fingerprint density at radius 3 is 2.19 bits per heavy atom. The number of halogens is 4. The van der Waals surface area contributed by atoms with Gasteiger partial charge in [-0.25, -0.2) is 13.2 Å². The van der Waals surface area contributed by atoms with Gasteiger partial charge in [0.15, 0.2) is 0 Å². The molecule has 2 aromatic rings. The highest BCUT2D eigenvalue weighted by molar-refractivity contribution is 9.10. The number of aliphatic hydroxyl groups excluding tert-OH is 1. The van der Waals surface area contributed by atoms with Gasteiger partial charge in [-0.3, -0.25) is 0 Å². The number of nitrogens with two attached hydrogens (primary N) is 1. The van der Waals surface area contributed by atoms with Gasteiger partial charge >= 0.3 is 0 Å². The SMILES string of the molecule is NCC(c1cc(F)cc(F)c1)C(O)c1cc(F)ccc1Br. The van der Waals surface area contributed by atoms with Crippen LogP contribution < -0.4 is 5.73 Å². The van der Waals surface area contributed by atoms with Crippen molar-refractivity contribution in [2.75, 3.05) is 6.54 Å². The van der Waals surface area contributed by atoms with E-state index in [0.717, 1.165) is 24.3 Å². The van der Waals surface area contributed by atoms with Crippen LogP contribution in [0.25, 0.3) is 0 Å². The molecule has 0 aliphatic heterocycles. The molecule has 0 saturated carbocycles. The van der Waals surface area contributed by atoms with Crippen molar-refractivity contribution in [1.82, 2.24) is 0 Å². The molecule has 2 rings (SSSR count). The summed E-state index contributed by atoms with van der Waals surface area (Å²) in [6.45, 7) is -0.0486. The maximum atomic E-state index is 13.3. The summed E-state index contributed by atoms with van der Waals surface area (Å²) in [6, 6.07) is 6.80. The van der Waals surface area contributed by atoms with Crippen LogP contribution in [-0.4, -0.2) is 11.7 Å². The maximum absolute atomic E-state index is 13.3. The lowest BCUT2D eigenvalue weighted by atomic mass is 9.89. The summed E-state index contributed by atoms with van der Waals surface area (Å²) in [4.78, 5) is 0. The van der Waals surface area contributed by atoms with Crippen LogP contribution in [0.4, 0.5) is 13.2 Å². The number of benzene rings is 2. The minimum absolute atomic E-state index is 0.0486. The largest absolute Gasteiger partial charge is 0.388 e. The average molecular weight is 360 g/mol. The van der Waals surface area contributed by atoms with Gasteiger partial charge in [-0.15, -0.1) is 0 Å². The Hall–Kier alpha value is -1.37. The van der Waals surface area contributed by atoms with Gasteiger partial charge < -0.3 is 10.8 Å². The number of hydrogen-bond donors (Lipinski definition) is 2. The summed E-state index contributed by atoms with van der Waals surface area (Å²) in [7, 11) is 0. The molecule has 2 atom stereocenters. The van der Waals surface area contributed by atoms with Gasteiger partial charge in [0.2, 0.25) is 0 Å². The van der Waals surface area contributed by atoms with Gasteiger partial charge in [0.05, 0.1) is 6.10 Å². The van der Waals surface area contributed by atoms with Crippen molar-refractivity contribution >= 4 is 15.9 Å². The molecule has 0 radical (unpaired) electrons. The molecule has 0 spiro atoms. The van der Waals surface area contributed by atoms with Crippen LogP contribution >= 0.6 is 15.9 Å². The van der Waals surface area contributed by atoms with E-state index in [0.29, 0.717) is 4.47 Å². The second-order valence-electron chi connectivity index (χ2n) is 4.66. The third kappa shape index (κ3) is 3.64. The molecule has 0 aliphatic carbocycles. The summed E-state index contributed by atoms with van der Waals surface area (Å²) < 4.78 is 40.4. The van der Waals surface area contributed by atoms with E-state index in [9.17, 15) is 18.3 Å². The standard InChI is InChI=1S/C15H13BrF3NO/c16-14-2-1-9(17)6-12(14)15(21)13(7-20)8-3-10(18)5-11(19)4-8/h1-6,13,15,21H,7,20H2. The third-order valence-corrected chi connectivity index (χ3v) is 3.95. The van der Waals surface area contributed by atoms with Crippen molar-refractivity contribution in [3.05, 3.63) is 69.4 Å². The molecular weight excluding hydrogens is 347 g/mol. The van der Waals surface area contributed by atoms with Crippen LogP contribution in [0.15, 0.2) is 40.9 Å². The van der Waals surface area contributed by atoms with E-state index >= 15 is 0 Å². The van der Waals surface area contributed by atoms with Crippen molar-refractivity contribution < 1.29 is 18.3 Å². The molecule has 0 heterocycles. The molecule has 3 N–H and O–H groups in total. The van der Waals surface area contributed by atoms with E-state index in [1.165, 1.54) is 12.1 Å². The van der Waals surface area contributed by atoms with Crippen LogP contribution in [0, 0.1) is 17.5 Å². The first-order valence-electron chi connectivity index (χ1n) is 6.21. The Labute approximate surface area is 128 Å². The maximum Gasteiger partial charge on any atom is 0.126 e. The molecular formula is C15H13BrF3NO. The van der Waals surface area contributed by atoms with Crippen molar-refractivity contribution in [3.63, 3.8) is 0 Å². The van der Waals surface area contributed by atoms with E-state index in [1.807, 2.05) is 0 Å². The summed E-state index contributed by atoms with van der Waals surface area (Å²) in [6.07, 6.45) is -1.19. The van der Waals surface area contributed by atoms with E-state index in [2.05, 4.69) is 15.9 Å². The van der Waals surface area contributed by atoms with E-state index in [-0.39, 0.29) is 17.7 Å². The summed E-state index contributed by atoms with van der Waals surface area (Å²) in [5.74, 6) is -2.79. The Morgan fingerprint density at radius 2 is 1.62 bits per heavy atom. The van der Waals surface area contributed by atoms with Crippen molar-refractivity contribution in [3.8, 4) is 0 Å². The average Bonchev–Trinajstić information content (AvgIpc) is 2.41. The summed E-state index contributed by atoms with van der Waals surface area (Å²) >= 11 is 3.21. The Kier molecular flexibility index (Phi) is 5.03. The van der Waals surface area contributed by atoms with Crippen LogP contribution in [-0.2, 0) is 0 Å². The van der Waals surface area contributed by atoms with Crippen LogP contribution in [0.3, 0.4) is 0 Å². The Bertz CT molecular complexity index is 631. The van der Waals surface area contributed by atoms with Crippen molar-refractivity contribution in [1.29, 1.82) is 0 Å². The predicted octanol–water partition coefficient (Wildman–Crippen LogP) is 3.64. The molecule has 0 aromatic heterocycles. The Balaban J connectivity index is 2.42. The first kappa shape index (κ1) is 16.0. The molecule has 0 saturated heterocycles. The lowest BCUT2D eigenvalue weighted by Gasteiger charge is -2.23. The number of hydrogen-bond acceptors (Lipinski definition) is 2. The molecule has 2 aromatic carbocycles. The van der Waals surface area contributed by atoms with E-state index in [4.69, 9.17) is 5.73 Å². The zero-order valence-corrected chi connectivity index (χ0v) is 12.4. The normalized spacial score (nSPS) is 14.0. The predicted molar refractivity (Wildman–Crippen MR) is 77.2 cm³/mol. The van der Waals surface area contributed by atoms with Crippen LogP contribution in [0.1, 0.15) is 23.1 Å². The van der Waals surface area contributed by atoms with Gasteiger partial charge in [-0.1, -0.05) is 15.9 Å². The molecule has 0 aliphatic rings. The van der Waals surface area contributed by atoms with Crippen molar-refractivity contribution in [2.24, 2.45) is 5.73 Å². The molecule has 0 bridgehead atoms. The first-order valence-corrected chi connectivity index (χ1v) is 7.00. The van der Waals surface area contributed by atoms with Gasteiger partial charge in [-0.2, -0.15) is 0 Å². The monoisotopic (exact) mass is 359 g/mol. The van der Waals surface area contributed by atoms with Gasteiger partial charge in [0.1, 0.15) is 17.5 Å². The quantitative estimate of drug-likeness (QED) is 0.875. The van der Waals surface area contributed by atoms with Gasteiger partial charge in [0, 0.05) is 23.0 Å². The lowest BCUT2D eigenvalue weighted by Crippen LogP contribution is -2.21. The number of rotatable bonds is 4. The molecule has 2 nitrogen and oxygen atoms in total. The minimum Gasteiger partial charge on any atom is -0.388 e. The minimum atomic E-state index is -1.19. The second-order valence-corrected chi connectivity index (χ2v) is 5.51. The Morgan fingerprint density at radius 1 is 1.00 bits per heavy atom. The highest BCUT2D eigenvalue weighted by Gasteiger charge is 2.24. The summed E-state index contributed by atoms with van der Waals surface area (Å²) in [5, 5.41) is 10.4. The molecule has 0 amide bonds. The fourth-order valence-electron chi connectivity index (χ4n) is 2.19. The zero-order chi connectivity index (χ0) is 15.6. The summed E-state index contributed by atoms with van der Waals surface area (Å²) in [5.41, 5.74) is 6.11. The zero-order valence-electron chi connectivity index (χ0n) is 10.9. The molecule has 6 heteroatoms. The highest BCUT2D eigenvalue weighted by atomic mass is 79.9. The fraction of sp³-hybridized carbons (Fsp3) is 0.200. The fourth-order valence-corrected chi connectivity index (χ4v) is 2.68. The van der Waals surface area contributed by atoms with Gasteiger partial charge in [-0.05, 0) is 41.5 Å². The lowest BCUT2D eigenvalue weighted by molar-refractivity contribution is 0.146. The highest BCUT2D eigenvalue weighted by Crippen LogP contribution is 2.35. The first-order chi connectivity index (χ1) is 9.92. The van der Waals surface area contributed by atoms with Crippen LogP contribution in [0.5, 0.6) is 0 Å². The van der Waals surface area contributed by atoms with E-state index < -0.39 is 29.5 Å². The molecule has 112 valence electrons.